The van der Waals surface area contributed by atoms with Gasteiger partial charge in [0.2, 0.25) is 0 Å². The van der Waals surface area contributed by atoms with Gasteiger partial charge in [0.15, 0.2) is 5.82 Å². The summed E-state index contributed by atoms with van der Waals surface area (Å²) in [5.74, 6) is 0.824. The summed E-state index contributed by atoms with van der Waals surface area (Å²) in [5, 5.41) is 3.95. The molecular weight excluding hydrogens is 220 g/mol. The summed E-state index contributed by atoms with van der Waals surface area (Å²) in [6.07, 6.45) is 4.65. The zero-order chi connectivity index (χ0) is 12.4. The van der Waals surface area contributed by atoms with Crippen LogP contribution in [0.4, 0.5) is 10.6 Å². The van der Waals surface area contributed by atoms with Crippen molar-refractivity contribution in [1.82, 2.24) is 24.6 Å². The number of anilines is 1. The first-order chi connectivity index (χ1) is 8.08. The molecule has 0 aliphatic rings. The zero-order valence-electron chi connectivity index (χ0n) is 9.53. The third-order valence-corrected chi connectivity index (χ3v) is 2.10. The monoisotopic (exact) mass is 232 g/mol. The molecule has 0 aromatic carbocycles. The molecule has 0 saturated carbocycles. The second-order valence-corrected chi connectivity index (χ2v) is 3.66. The van der Waals surface area contributed by atoms with Crippen LogP contribution in [-0.4, -0.2) is 44.8 Å². The molecule has 0 spiro atoms. The Morgan fingerprint density at radius 1 is 1.47 bits per heavy atom. The maximum absolute atomic E-state index is 11.6. The number of carbonyl (C=O) groups excluding carboxylic acids is 1. The third-order valence-electron chi connectivity index (χ3n) is 2.10. The van der Waals surface area contributed by atoms with Crippen LogP contribution in [0.1, 0.15) is 0 Å². The highest BCUT2D eigenvalue weighted by Gasteiger charge is 2.11. The molecule has 2 rings (SSSR count). The minimum atomic E-state index is -0.236. The number of carbonyl (C=O) groups is 1. The first-order valence-electron chi connectivity index (χ1n) is 4.93. The highest BCUT2D eigenvalue weighted by Crippen LogP contribution is 2.14. The average Bonchev–Trinajstić information content (AvgIpc) is 2.77. The van der Waals surface area contributed by atoms with Crippen LogP contribution < -0.4 is 5.73 Å². The molecule has 7 nitrogen and oxygen atoms in total. The number of hydrogen-bond acceptors (Lipinski definition) is 5. The number of amides is 1. The molecule has 2 aromatic heterocycles. The summed E-state index contributed by atoms with van der Waals surface area (Å²) in [5.41, 5.74) is 6.20. The van der Waals surface area contributed by atoms with Crippen LogP contribution >= 0.6 is 0 Å². The van der Waals surface area contributed by atoms with Crippen molar-refractivity contribution in [2.45, 2.75) is 0 Å². The Labute approximate surface area is 97.9 Å². The molecule has 2 N–H and O–H groups in total. The first-order valence-corrected chi connectivity index (χ1v) is 4.93. The molecule has 7 heteroatoms. The lowest BCUT2D eigenvalue weighted by molar-refractivity contribution is 0.216. The molecule has 0 aliphatic heterocycles. The van der Waals surface area contributed by atoms with Crippen LogP contribution in [0.2, 0.25) is 0 Å². The van der Waals surface area contributed by atoms with E-state index in [1.807, 2.05) is 0 Å². The van der Waals surface area contributed by atoms with Crippen LogP contribution in [0, 0.1) is 0 Å². The lowest BCUT2D eigenvalue weighted by Crippen LogP contribution is -2.27. The van der Waals surface area contributed by atoms with E-state index in [1.165, 1.54) is 15.8 Å². The second kappa shape index (κ2) is 4.20. The van der Waals surface area contributed by atoms with Crippen molar-refractivity contribution in [3.05, 3.63) is 24.7 Å². The van der Waals surface area contributed by atoms with Gasteiger partial charge in [0, 0.05) is 26.5 Å². The van der Waals surface area contributed by atoms with E-state index in [2.05, 4.69) is 15.1 Å². The van der Waals surface area contributed by atoms with E-state index in [1.54, 1.807) is 32.6 Å². The van der Waals surface area contributed by atoms with Crippen molar-refractivity contribution >= 4 is 11.8 Å². The van der Waals surface area contributed by atoms with E-state index in [9.17, 15) is 4.79 Å². The molecule has 88 valence electrons. The molecule has 2 heterocycles. The Morgan fingerprint density at radius 2 is 2.24 bits per heavy atom. The Morgan fingerprint density at radius 3 is 2.88 bits per heavy atom. The largest absolute Gasteiger partial charge is 0.384 e. The van der Waals surface area contributed by atoms with Gasteiger partial charge in [-0.2, -0.15) is 9.78 Å². The third kappa shape index (κ3) is 2.22. The predicted molar refractivity (Wildman–Crippen MR) is 62.1 cm³/mol. The van der Waals surface area contributed by atoms with Crippen molar-refractivity contribution in [2.24, 2.45) is 0 Å². The lowest BCUT2D eigenvalue weighted by atomic mass is 10.3. The Kier molecular flexibility index (Phi) is 2.73. The van der Waals surface area contributed by atoms with Crippen molar-refractivity contribution in [1.29, 1.82) is 0 Å². The number of rotatable bonds is 1. The second-order valence-electron chi connectivity index (χ2n) is 3.66. The van der Waals surface area contributed by atoms with Crippen LogP contribution in [-0.2, 0) is 0 Å². The summed E-state index contributed by atoms with van der Waals surface area (Å²) >= 11 is 0. The van der Waals surface area contributed by atoms with Gasteiger partial charge in [-0.05, 0) is 6.07 Å². The molecule has 0 saturated heterocycles. The molecule has 2 aromatic rings. The average molecular weight is 232 g/mol. The molecule has 0 fully saturated rings. The maximum Gasteiger partial charge on any atom is 0.344 e. The van der Waals surface area contributed by atoms with Gasteiger partial charge in [-0.3, -0.25) is 0 Å². The molecule has 0 atom stereocenters. The number of nitrogens with two attached hydrogens (primary N) is 1. The fourth-order valence-corrected chi connectivity index (χ4v) is 1.26. The molecule has 0 radical (unpaired) electrons. The number of aromatic nitrogens is 4. The molecule has 0 aliphatic carbocycles. The van der Waals surface area contributed by atoms with Crippen LogP contribution in [0.5, 0.6) is 0 Å². The minimum Gasteiger partial charge on any atom is -0.384 e. The Balaban J connectivity index is 2.33. The van der Waals surface area contributed by atoms with E-state index >= 15 is 0 Å². The van der Waals surface area contributed by atoms with Crippen molar-refractivity contribution < 1.29 is 4.79 Å². The molecule has 1 amide bonds. The number of hydrogen-bond donors (Lipinski definition) is 1. The Hall–Kier alpha value is -2.44. The van der Waals surface area contributed by atoms with E-state index < -0.39 is 0 Å². The van der Waals surface area contributed by atoms with Crippen molar-refractivity contribution in [2.75, 3.05) is 19.8 Å². The molecule has 17 heavy (non-hydrogen) atoms. The summed E-state index contributed by atoms with van der Waals surface area (Å²) in [4.78, 5) is 21.2. The zero-order valence-corrected chi connectivity index (χ0v) is 9.53. The van der Waals surface area contributed by atoms with Gasteiger partial charge < -0.3 is 10.6 Å². The SMILES string of the molecule is CN(C)C(=O)n1cc(-c2nccc(N)n2)cn1. The maximum atomic E-state index is 11.6. The smallest absolute Gasteiger partial charge is 0.344 e. The standard InChI is InChI=1S/C10H12N6O/c1-15(2)10(17)16-6-7(5-13-16)9-12-4-3-8(11)14-9/h3-6H,1-2H3,(H2,11,12,14). The van der Waals surface area contributed by atoms with Gasteiger partial charge in [0.05, 0.1) is 11.8 Å². The summed E-state index contributed by atoms with van der Waals surface area (Å²) < 4.78 is 1.22. The fourth-order valence-electron chi connectivity index (χ4n) is 1.26. The van der Waals surface area contributed by atoms with Crippen LogP contribution in [0.3, 0.4) is 0 Å². The number of nitrogen functional groups attached to an aromatic ring is 1. The van der Waals surface area contributed by atoms with Crippen molar-refractivity contribution in [3.8, 4) is 11.4 Å². The summed E-state index contributed by atoms with van der Waals surface area (Å²) in [6, 6.07) is 1.36. The van der Waals surface area contributed by atoms with Crippen molar-refractivity contribution in [3.63, 3.8) is 0 Å². The van der Waals surface area contributed by atoms with E-state index in [-0.39, 0.29) is 6.03 Å². The summed E-state index contributed by atoms with van der Waals surface area (Å²) in [6.45, 7) is 0. The lowest BCUT2D eigenvalue weighted by Gasteiger charge is -2.08. The quantitative estimate of drug-likeness (QED) is 0.771. The fraction of sp³-hybridized carbons (Fsp3) is 0.200. The normalized spacial score (nSPS) is 10.2. The van der Waals surface area contributed by atoms with Gasteiger partial charge in [-0.1, -0.05) is 0 Å². The molecule has 0 bridgehead atoms. The van der Waals surface area contributed by atoms with E-state index in [0.717, 1.165) is 0 Å². The highest BCUT2D eigenvalue weighted by atomic mass is 16.2. The predicted octanol–water partition coefficient (Wildman–Crippen LogP) is 0.452. The Bertz CT molecular complexity index is 547. The van der Waals surface area contributed by atoms with Crippen LogP contribution in [0.15, 0.2) is 24.7 Å². The van der Waals surface area contributed by atoms with Gasteiger partial charge in [-0.25, -0.2) is 14.8 Å². The van der Waals surface area contributed by atoms with E-state index in [4.69, 9.17) is 5.73 Å². The topological polar surface area (TPSA) is 89.9 Å². The summed E-state index contributed by atoms with van der Waals surface area (Å²) in [7, 11) is 3.31. The molecular formula is C10H12N6O. The van der Waals surface area contributed by atoms with E-state index in [0.29, 0.717) is 17.2 Å². The molecule has 0 unspecified atom stereocenters. The van der Waals surface area contributed by atoms with Crippen LogP contribution in [0.25, 0.3) is 11.4 Å². The number of nitrogens with zero attached hydrogens (tertiary/aromatic N) is 5. The van der Waals surface area contributed by atoms with Gasteiger partial charge in [0.25, 0.3) is 0 Å². The van der Waals surface area contributed by atoms with Gasteiger partial charge in [0.1, 0.15) is 5.82 Å². The highest BCUT2D eigenvalue weighted by molar-refractivity contribution is 5.76. The van der Waals surface area contributed by atoms with Gasteiger partial charge in [-0.15, -0.1) is 0 Å². The van der Waals surface area contributed by atoms with Gasteiger partial charge >= 0.3 is 6.03 Å². The minimum absolute atomic E-state index is 0.236. The first kappa shape index (κ1) is 11.1.